The predicted molar refractivity (Wildman–Crippen MR) is 90.7 cm³/mol. The Morgan fingerprint density at radius 2 is 1.83 bits per heavy atom. The molecule has 0 aliphatic rings. The number of fused-ring (bicyclic) bond motifs is 1. The molecule has 0 atom stereocenters. The number of ether oxygens (including phenoxy) is 1. The number of anilines is 1. The number of aromatic nitrogens is 2. The van der Waals surface area contributed by atoms with Gasteiger partial charge in [-0.05, 0) is 32.0 Å². The van der Waals surface area contributed by atoms with Crippen molar-refractivity contribution in [2.24, 2.45) is 0 Å². The smallest absolute Gasteiger partial charge is 0.236 e. The van der Waals surface area contributed by atoms with Crippen LogP contribution < -0.4 is 10.1 Å². The highest BCUT2D eigenvalue weighted by Gasteiger charge is 2.33. The van der Waals surface area contributed by atoms with Crippen LogP contribution in [0.3, 0.4) is 0 Å². The fourth-order valence-corrected chi connectivity index (χ4v) is 2.56. The first-order valence-electron chi connectivity index (χ1n) is 7.42. The van der Waals surface area contributed by atoms with Crippen molar-refractivity contribution < 1.29 is 9.53 Å². The van der Waals surface area contributed by atoms with E-state index in [1.807, 2.05) is 62.4 Å². The lowest BCUT2D eigenvalue weighted by Crippen LogP contribution is -2.35. The molecule has 3 aromatic rings. The van der Waals surface area contributed by atoms with E-state index in [1.165, 1.54) is 0 Å². The van der Waals surface area contributed by atoms with Crippen LogP contribution in [0.5, 0.6) is 5.75 Å². The van der Waals surface area contributed by atoms with E-state index in [0.717, 1.165) is 16.6 Å². The molecule has 0 unspecified atom stereocenters. The maximum absolute atomic E-state index is 12.8. The Hall–Kier alpha value is -2.82. The van der Waals surface area contributed by atoms with Crippen LogP contribution in [-0.2, 0) is 10.2 Å². The van der Waals surface area contributed by atoms with E-state index < -0.39 is 5.41 Å². The first-order chi connectivity index (χ1) is 11.0. The van der Waals surface area contributed by atoms with Gasteiger partial charge in [0.25, 0.3) is 0 Å². The zero-order valence-electron chi connectivity index (χ0n) is 13.4. The van der Waals surface area contributed by atoms with Crippen molar-refractivity contribution in [3.8, 4) is 5.75 Å². The molecule has 0 aliphatic heterocycles. The molecule has 2 N–H and O–H groups in total. The number of amides is 1. The number of aromatic amines is 1. The summed E-state index contributed by atoms with van der Waals surface area (Å²) in [5, 5.41) is 2.86. The fourth-order valence-electron chi connectivity index (χ4n) is 2.56. The summed E-state index contributed by atoms with van der Waals surface area (Å²) < 4.78 is 5.38. The summed E-state index contributed by atoms with van der Waals surface area (Å²) in [6, 6.07) is 15.2. The van der Waals surface area contributed by atoms with Gasteiger partial charge in [0.05, 0.1) is 23.6 Å². The Balaban J connectivity index is 1.89. The molecule has 5 heteroatoms. The number of carbonyl (C=O) groups excluding carboxylic acids is 1. The number of nitrogens with zero attached hydrogens (tertiary/aromatic N) is 1. The highest BCUT2D eigenvalue weighted by atomic mass is 16.5. The lowest BCUT2D eigenvalue weighted by molar-refractivity contribution is -0.120. The van der Waals surface area contributed by atoms with E-state index in [9.17, 15) is 4.79 Å². The minimum atomic E-state index is -0.758. The summed E-state index contributed by atoms with van der Waals surface area (Å²) in [5.74, 6) is 0.984. The Labute approximate surface area is 134 Å². The first kappa shape index (κ1) is 15.1. The summed E-state index contributed by atoms with van der Waals surface area (Å²) in [5.41, 5.74) is 1.78. The average Bonchev–Trinajstić information content (AvgIpc) is 2.96. The summed E-state index contributed by atoms with van der Waals surface area (Å²) >= 11 is 0. The van der Waals surface area contributed by atoms with Crippen LogP contribution in [0.2, 0.25) is 0 Å². The molecule has 118 valence electrons. The fraction of sp³-hybridized carbons (Fsp3) is 0.222. The molecule has 0 spiro atoms. The van der Waals surface area contributed by atoms with E-state index in [4.69, 9.17) is 4.74 Å². The molecule has 1 aromatic heterocycles. The van der Waals surface area contributed by atoms with E-state index in [-0.39, 0.29) is 5.91 Å². The van der Waals surface area contributed by atoms with Gasteiger partial charge in [0.2, 0.25) is 11.9 Å². The third-order valence-corrected chi connectivity index (χ3v) is 3.97. The first-order valence-corrected chi connectivity index (χ1v) is 7.42. The topological polar surface area (TPSA) is 67.0 Å². The second-order valence-electron chi connectivity index (χ2n) is 5.88. The van der Waals surface area contributed by atoms with Crippen LogP contribution >= 0.6 is 0 Å². The third-order valence-electron chi connectivity index (χ3n) is 3.97. The van der Waals surface area contributed by atoms with Gasteiger partial charge in [0, 0.05) is 5.56 Å². The SMILES string of the molecule is COc1ccccc1C(C)(C)C(=O)Nc1nc2ccccc2[nH]1. The van der Waals surface area contributed by atoms with Crippen molar-refractivity contribution >= 4 is 22.9 Å². The molecule has 0 saturated carbocycles. The van der Waals surface area contributed by atoms with Crippen molar-refractivity contribution in [3.05, 3.63) is 54.1 Å². The number of methoxy groups -OCH3 is 1. The number of para-hydroxylation sites is 3. The minimum Gasteiger partial charge on any atom is -0.496 e. The number of hydrogen-bond donors (Lipinski definition) is 2. The lowest BCUT2D eigenvalue weighted by atomic mass is 9.83. The molecule has 1 heterocycles. The largest absolute Gasteiger partial charge is 0.496 e. The van der Waals surface area contributed by atoms with Crippen molar-refractivity contribution in [1.82, 2.24) is 9.97 Å². The number of imidazole rings is 1. The van der Waals surface area contributed by atoms with Crippen molar-refractivity contribution in [1.29, 1.82) is 0 Å². The predicted octanol–water partition coefficient (Wildman–Crippen LogP) is 3.49. The van der Waals surface area contributed by atoms with Crippen LogP contribution in [0, 0.1) is 0 Å². The second kappa shape index (κ2) is 5.76. The monoisotopic (exact) mass is 309 g/mol. The van der Waals surface area contributed by atoms with E-state index in [1.54, 1.807) is 7.11 Å². The van der Waals surface area contributed by atoms with Gasteiger partial charge in [-0.1, -0.05) is 30.3 Å². The highest BCUT2D eigenvalue weighted by molar-refractivity contribution is 5.98. The normalized spacial score (nSPS) is 11.4. The molecule has 0 fully saturated rings. The molecule has 0 saturated heterocycles. The van der Waals surface area contributed by atoms with Crippen LogP contribution in [-0.4, -0.2) is 23.0 Å². The van der Waals surface area contributed by atoms with E-state index in [2.05, 4.69) is 15.3 Å². The maximum atomic E-state index is 12.8. The Bertz CT molecular complexity index is 819. The quantitative estimate of drug-likeness (QED) is 0.775. The van der Waals surface area contributed by atoms with Gasteiger partial charge in [-0.2, -0.15) is 0 Å². The number of nitrogens with one attached hydrogen (secondary N) is 2. The number of hydrogen-bond acceptors (Lipinski definition) is 3. The van der Waals surface area contributed by atoms with Gasteiger partial charge in [-0.3, -0.25) is 10.1 Å². The van der Waals surface area contributed by atoms with Crippen molar-refractivity contribution in [2.45, 2.75) is 19.3 Å². The van der Waals surface area contributed by atoms with Gasteiger partial charge < -0.3 is 9.72 Å². The molecule has 2 aromatic carbocycles. The van der Waals surface area contributed by atoms with Gasteiger partial charge in [-0.15, -0.1) is 0 Å². The molecule has 1 amide bonds. The van der Waals surface area contributed by atoms with Crippen LogP contribution in [0.25, 0.3) is 11.0 Å². The molecular weight excluding hydrogens is 290 g/mol. The molecule has 3 rings (SSSR count). The number of carbonyl (C=O) groups is 1. The third kappa shape index (κ3) is 2.77. The van der Waals surface area contributed by atoms with Gasteiger partial charge >= 0.3 is 0 Å². The van der Waals surface area contributed by atoms with Crippen LogP contribution in [0.1, 0.15) is 19.4 Å². The van der Waals surface area contributed by atoms with Crippen molar-refractivity contribution in [2.75, 3.05) is 12.4 Å². The van der Waals surface area contributed by atoms with E-state index >= 15 is 0 Å². The van der Waals surface area contributed by atoms with Crippen molar-refractivity contribution in [3.63, 3.8) is 0 Å². The number of H-pyrrole nitrogens is 1. The van der Waals surface area contributed by atoms with Crippen LogP contribution in [0.15, 0.2) is 48.5 Å². The lowest BCUT2D eigenvalue weighted by Gasteiger charge is -2.25. The van der Waals surface area contributed by atoms with E-state index in [0.29, 0.717) is 11.7 Å². The minimum absolute atomic E-state index is 0.152. The maximum Gasteiger partial charge on any atom is 0.236 e. The van der Waals surface area contributed by atoms with Gasteiger partial charge in [-0.25, -0.2) is 4.98 Å². The molecule has 5 nitrogen and oxygen atoms in total. The molecular formula is C18H19N3O2. The summed E-state index contributed by atoms with van der Waals surface area (Å²) in [4.78, 5) is 20.2. The molecule has 23 heavy (non-hydrogen) atoms. The standard InChI is InChI=1S/C18H19N3O2/c1-18(2,12-8-4-7-11-15(12)23-3)16(22)21-17-19-13-9-5-6-10-14(13)20-17/h4-11H,1-3H3,(H2,19,20,21,22). The average molecular weight is 309 g/mol. The summed E-state index contributed by atoms with van der Waals surface area (Å²) in [7, 11) is 1.60. The zero-order chi connectivity index (χ0) is 16.4. The molecule has 0 bridgehead atoms. The summed E-state index contributed by atoms with van der Waals surface area (Å²) in [6.45, 7) is 3.73. The second-order valence-corrected chi connectivity index (χ2v) is 5.88. The Morgan fingerprint density at radius 1 is 1.13 bits per heavy atom. The number of rotatable bonds is 4. The molecule has 0 radical (unpaired) electrons. The summed E-state index contributed by atoms with van der Waals surface area (Å²) in [6.07, 6.45) is 0. The van der Waals surface area contributed by atoms with Crippen LogP contribution in [0.4, 0.5) is 5.95 Å². The van der Waals surface area contributed by atoms with Gasteiger partial charge in [0.15, 0.2) is 0 Å². The Morgan fingerprint density at radius 3 is 2.57 bits per heavy atom. The Kier molecular flexibility index (Phi) is 3.78. The number of benzene rings is 2. The molecule has 0 aliphatic carbocycles. The highest BCUT2D eigenvalue weighted by Crippen LogP contribution is 2.32. The van der Waals surface area contributed by atoms with Gasteiger partial charge in [0.1, 0.15) is 5.75 Å². The zero-order valence-corrected chi connectivity index (χ0v) is 13.4.